The average molecular weight is 434 g/mol. The predicted molar refractivity (Wildman–Crippen MR) is 108 cm³/mol. The molecule has 1 atom stereocenters. The van der Waals surface area contributed by atoms with Crippen LogP contribution in [0.25, 0.3) is 0 Å². The van der Waals surface area contributed by atoms with Crippen LogP contribution in [0.5, 0.6) is 0 Å². The Labute approximate surface area is 173 Å². The number of nitrogens with one attached hydrogen (secondary N) is 1. The molecule has 1 saturated heterocycles. The normalized spacial score (nSPS) is 19.5. The fraction of sp³-hybridized carbons (Fsp3) is 0.400. The summed E-state index contributed by atoms with van der Waals surface area (Å²) in [6, 6.07) is 6.90. The van der Waals surface area contributed by atoms with Crippen molar-refractivity contribution in [2.75, 3.05) is 18.4 Å². The fourth-order valence-electron chi connectivity index (χ4n) is 3.95. The van der Waals surface area contributed by atoms with Crippen molar-refractivity contribution in [2.45, 2.75) is 37.0 Å². The minimum absolute atomic E-state index is 0.0152. The van der Waals surface area contributed by atoms with Crippen LogP contribution in [0.15, 0.2) is 29.2 Å². The van der Waals surface area contributed by atoms with Crippen LogP contribution in [0.3, 0.4) is 0 Å². The Hall–Kier alpha value is -2.28. The predicted octanol–water partition coefficient (Wildman–Crippen LogP) is 3.29. The Balaban J connectivity index is 1.49. The van der Waals surface area contributed by atoms with Gasteiger partial charge < -0.3 is 5.32 Å². The summed E-state index contributed by atoms with van der Waals surface area (Å²) in [5.74, 6) is -1.26. The number of rotatable bonds is 4. The van der Waals surface area contributed by atoms with Gasteiger partial charge in [-0.1, -0.05) is 0 Å². The molecule has 1 unspecified atom stereocenters. The first-order chi connectivity index (χ1) is 13.9. The van der Waals surface area contributed by atoms with Crippen LogP contribution < -0.4 is 5.32 Å². The highest BCUT2D eigenvalue weighted by molar-refractivity contribution is 7.89. The van der Waals surface area contributed by atoms with Crippen molar-refractivity contribution in [3.8, 4) is 6.07 Å². The van der Waals surface area contributed by atoms with Crippen LogP contribution in [0.2, 0.25) is 0 Å². The molecular weight excluding hydrogens is 413 g/mol. The second-order valence-corrected chi connectivity index (χ2v) is 10.4. The molecule has 1 aromatic carbocycles. The topological polar surface area (TPSA) is 90.3 Å². The smallest absolute Gasteiger partial charge is 0.243 e. The zero-order chi connectivity index (χ0) is 20.6. The maximum atomic E-state index is 13.1. The first-order valence-corrected chi connectivity index (χ1v) is 11.8. The largest absolute Gasteiger partial charge is 0.316 e. The molecular formula is C20H20FN3O3S2. The monoisotopic (exact) mass is 433 g/mol. The van der Waals surface area contributed by atoms with E-state index in [1.807, 2.05) is 0 Å². The number of thiophene rings is 1. The summed E-state index contributed by atoms with van der Waals surface area (Å²) in [4.78, 5) is 14.0. The summed E-state index contributed by atoms with van der Waals surface area (Å²) in [7, 11) is -3.79. The lowest BCUT2D eigenvalue weighted by molar-refractivity contribution is -0.120. The highest BCUT2D eigenvalue weighted by atomic mass is 32.2. The van der Waals surface area contributed by atoms with Gasteiger partial charge in [0.15, 0.2) is 0 Å². The van der Waals surface area contributed by atoms with Gasteiger partial charge in [-0.15, -0.1) is 11.3 Å². The zero-order valence-corrected chi connectivity index (χ0v) is 17.3. The quantitative estimate of drug-likeness (QED) is 0.801. The Kier molecular flexibility index (Phi) is 5.42. The van der Waals surface area contributed by atoms with E-state index in [1.54, 1.807) is 0 Å². The van der Waals surface area contributed by atoms with E-state index in [-0.39, 0.29) is 17.3 Å². The number of hydrogen-bond acceptors (Lipinski definition) is 5. The molecule has 9 heteroatoms. The van der Waals surface area contributed by atoms with Crippen LogP contribution >= 0.6 is 11.3 Å². The number of nitrogens with zero attached hydrogens (tertiary/aromatic N) is 2. The lowest BCUT2D eigenvalue weighted by Crippen LogP contribution is -2.43. The summed E-state index contributed by atoms with van der Waals surface area (Å²) in [6.07, 6.45) is 3.96. The number of hydrogen-bond donors (Lipinski definition) is 1. The minimum Gasteiger partial charge on any atom is -0.316 e. The van der Waals surface area contributed by atoms with Gasteiger partial charge in [0.05, 0.1) is 16.4 Å². The molecule has 1 amide bonds. The van der Waals surface area contributed by atoms with Crippen molar-refractivity contribution in [1.82, 2.24) is 4.31 Å². The molecule has 0 spiro atoms. The Morgan fingerprint density at radius 3 is 2.72 bits per heavy atom. The van der Waals surface area contributed by atoms with Crippen molar-refractivity contribution in [1.29, 1.82) is 5.26 Å². The van der Waals surface area contributed by atoms with Crippen LogP contribution in [0.1, 0.15) is 35.3 Å². The molecule has 29 heavy (non-hydrogen) atoms. The fourth-order valence-corrected chi connectivity index (χ4v) is 6.72. The van der Waals surface area contributed by atoms with Gasteiger partial charge in [0.25, 0.3) is 0 Å². The lowest BCUT2D eigenvalue weighted by Gasteiger charge is -2.31. The number of benzene rings is 1. The molecule has 2 aromatic rings. The number of carbonyl (C=O) groups excluding carboxylic acids is 1. The van der Waals surface area contributed by atoms with E-state index >= 15 is 0 Å². The summed E-state index contributed by atoms with van der Waals surface area (Å²) in [5.41, 5.74) is 1.58. The summed E-state index contributed by atoms with van der Waals surface area (Å²) < 4.78 is 40.1. The van der Waals surface area contributed by atoms with Gasteiger partial charge in [-0.3, -0.25) is 4.79 Å². The third-order valence-electron chi connectivity index (χ3n) is 5.48. The van der Waals surface area contributed by atoms with Gasteiger partial charge >= 0.3 is 0 Å². The van der Waals surface area contributed by atoms with Crippen molar-refractivity contribution < 1.29 is 17.6 Å². The molecule has 6 nitrogen and oxygen atoms in total. The van der Waals surface area contributed by atoms with E-state index in [9.17, 15) is 22.9 Å². The average Bonchev–Trinajstić information content (AvgIpc) is 3.29. The maximum absolute atomic E-state index is 13.1. The summed E-state index contributed by atoms with van der Waals surface area (Å²) in [6.45, 7) is 0.388. The molecule has 152 valence electrons. The molecule has 4 rings (SSSR count). The van der Waals surface area contributed by atoms with Crippen molar-refractivity contribution in [3.05, 3.63) is 46.1 Å². The molecule has 1 N–H and O–H groups in total. The highest BCUT2D eigenvalue weighted by Crippen LogP contribution is 2.39. The summed E-state index contributed by atoms with van der Waals surface area (Å²) >= 11 is 1.45. The second-order valence-electron chi connectivity index (χ2n) is 7.32. The van der Waals surface area contributed by atoms with Gasteiger partial charge in [0.1, 0.15) is 16.9 Å². The first-order valence-electron chi connectivity index (χ1n) is 9.51. The Morgan fingerprint density at radius 1 is 1.24 bits per heavy atom. The number of sulfonamides is 1. The van der Waals surface area contributed by atoms with E-state index in [0.29, 0.717) is 30.0 Å². The van der Waals surface area contributed by atoms with Crippen LogP contribution in [0, 0.1) is 23.1 Å². The van der Waals surface area contributed by atoms with E-state index in [4.69, 9.17) is 0 Å². The minimum atomic E-state index is -3.79. The van der Waals surface area contributed by atoms with E-state index < -0.39 is 21.8 Å². The number of amides is 1. The first kappa shape index (κ1) is 20.0. The molecule has 1 aliphatic carbocycles. The zero-order valence-electron chi connectivity index (χ0n) is 15.7. The van der Waals surface area contributed by atoms with E-state index in [0.717, 1.165) is 41.8 Å². The van der Waals surface area contributed by atoms with Crippen LogP contribution in [-0.2, 0) is 27.7 Å². The van der Waals surface area contributed by atoms with Gasteiger partial charge in [0.2, 0.25) is 15.9 Å². The standard InChI is InChI=1S/C20H20FN3O3S2/c21-14-6-8-15(9-7-14)29(26,27)24-10-2-3-13(12-24)19(25)23-20-17(11-22)16-4-1-5-18(16)28-20/h6-9,13H,1-5,10,12H2,(H,23,25). The molecule has 1 aliphatic heterocycles. The van der Waals surface area contributed by atoms with Crippen LogP contribution in [-0.4, -0.2) is 31.7 Å². The van der Waals surface area contributed by atoms with Crippen molar-refractivity contribution in [3.63, 3.8) is 0 Å². The third kappa shape index (κ3) is 3.80. The molecule has 1 aromatic heterocycles. The van der Waals surface area contributed by atoms with E-state index in [2.05, 4.69) is 11.4 Å². The Morgan fingerprint density at radius 2 is 2.00 bits per heavy atom. The van der Waals surface area contributed by atoms with Gasteiger partial charge in [-0.05, 0) is 61.9 Å². The number of halogens is 1. The highest BCUT2D eigenvalue weighted by Gasteiger charge is 2.34. The maximum Gasteiger partial charge on any atom is 0.243 e. The van der Waals surface area contributed by atoms with Gasteiger partial charge in [-0.2, -0.15) is 9.57 Å². The third-order valence-corrected chi connectivity index (χ3v) is 8.56. The molecule has 1 fully saturated rings. The SMILES string of the molecule is N#Cc1c(NC(=O)C2CCCN(S(=O)(=O)c3ccc(F)cc3)C2)sc2c1CCC2. The molecule has 2 heterocycles. The van der Waals surface area contributed by atoms with Gasteiger partial charge in [-0.25, -0.2) is 12.8 Å². The molecule has 0 saturated carbocycles. The number of anilines is 1. The van der Waals surface area contributed by atoms with Crippen molar-refractivity contribution in [2.24, 2.45) is 5.92 Å². The van der Waals surface area contributed by atoms with Crippen LogP contribution in [0.4, 0.5) is 9.39 Å². The van der Waals surface area contributed by atoms with Gasteiger partial charge in [0, 0.05) is 18.0 Å². The number of carbonyl (C=O) groups is 1. The lowest BCUT2D eigenvalue weighted by atomic mass is 9.99. The number of fused-ring (bicyclic) bond motifs is 1. The number of nitriles is 1. The Bertz CT molecular complexity index is 1090. The number of piperidine rings is 1. The molecule has 2 aliphatic rings. The summed E-state index contributed by atoms with van der Waals surface area (Å²) in [5, 5.41) is 12.9. The molecule has 0 radical (unpaired) electrons. The molecule has 0 bridgehead atoms. The number of aryl methyl sites for hydroxylation is 1. The second kappa shape index (κ2) is 7.86. The van der Waals surface area contributed by atoms with Crippen molar-refractivity contribution >= 4 is 32.3 Å². The van der Waals surface area contributed by atoms with E-state index in [1.165, 1.54) is 27.8 Å².